The van der Waals surface area contributed by atoms with Crippen molar-refractivity contribution in [3.05, 3.63) is 77.4 Å². The summed E-state index contributed by atoms with van der Waals surface area (Å²) >= 11 is 1.30. The number of carbonyl (C=O) groups is 2. The highest BCUT2D eigenvalue weighted by Crippen LogP contribution is 2.32. The fourth-order valence-electron chi connectivity index (χ4n) is 4.27. The molecule has 1 saturated heterocycles. The van der Waals surface area contributed by atoms with Gasteiger partial charge in [-0.2, -0.15) is 0 Å². The third-order valence-corrected chi connectivity index (χ3v) is 7.63. The van der Waals surface area contributed by atoms with E-state index >= 15 is 0 Å². The van der Waals surface area contributed by atoms with Gasteiger partial charge < -0.3 is 19.5 Å². The van der Waals surface area contributed by atoms with Crippen LogP contribution in [0.25, 0.3) is 0 Å². The first-order chi connectivity index (χ1) is 18.8. The van der Waals surface area contributed by atoms with E-state index in [1.165, 1.54) is 11.8 Å². The zero-order valence-electron chi connectivity index (χ0n) is 22.8. The van der Waals surface area contributed by atoms with Crippen molar-refractivity contribution >= 4 is 40.1 Å². The predicted octanol–water partition coefficient (Wildman–Crippen LogP) is 5.53. The van der Waals surface area contributed by atoms with Crippen molar-refractivity contribution < 1.29 is 23.8 Å². The summed E-state index contributed by atoms with van der Waals surface area (Å²) in [5.41, 5.74) is 4.48. The number of ether oxygens (including phenoxy) is 3. The Labute approximate surface area is 233 Å². The number of aliphatic imine (C=N–C) groups is 1. The van der Waals surface area contributed by atoms with Crippen molar-refractivity contribution in [1.29, 1.82) is 0 Å². The minimum Gasteiger partial charge on any atom is -0.497 e. The molecule has 0 saturated carbocycles. The Kier molecular flexibility index (Phi) is 9.14. The third-order valence-electron chi connectivity index (χ3n) is 6.44. The van der Waals surface area contributed by atoms with Gasteiger partial charge in [-0.05, 0) is 73.9 Å². The lowest BCUT2D eigenvalue weighted by molar-refractivity contribution is -0.129. The highest BCUT2D eigenvalue weighted by atomic mass is 32.2. The number of nitrogens with one attached hydrogen (secondary N) is 1. The number of amidine groups is 1. The summed E-state index contributed by atoms with van der Waals surface area (Å²) in [6.45, 7) is 4.36. The SMILES string of the molecule is COc1ccc(N=C2S[C@H](C(=O)Nc3ccc(C)cc3C)CC(=O)N2CCc2ccc(OC)c(OC)c2)cc1. The van der Waals surface area contributed by atoms with Gasteiger partial charge in [-0.25, -0.2) is 4.99 Å². The fraction of sp³-hybridized carbons (Fsp3) is 0.300. The molecule has 2 amide bonds. The second-order valence-electron chi connectivity index (χ2n) is 9.20. The first-order valence-electron chi connectivity index (χ1n) is 12.6. The second-order valence-corrected chi connectivity index (χ2v) is 10.4. The molecule has 0 radical (unpaired) electrons. The lowest BCUT2D eigenvalue weighted by Crippen LogP contribution is -2.46. The van der Waals surface area contributed by atoms with Crippen LogP contribution in [0.1, 0.15) is 23.1 Å². The smallest absolute Gasteiger partial charge is 0.238 e. The van der Waals surface area contributed by atoms with Crippen LogP contribution in [-0.4, -0.2) is 55.0 Å². The van der Waals surface area contributed by atoms with Gasteiger partial charge in [0.25, 0.3) is 0 Å². The number of hydrogen-bond acceptors (Lipinski definition) is 7. The molecule has 9 heteroatoms. The summed E-state index contributed by atoms with van der Waals surface area (Å²) in [4.78, 5) is 33.1. The second kappa shape index (κ2) is 12.7. The van der Waals surface area contributed by atoms with Crippen molar-refractivity contribution in [3.63, 3.8) is 0 Å². The van der Waals surface area contributed by atoms with Gasteiger partial charge in [0.2, 0.25) is 11.8 Å². The van der Waals surface area contributed by atoms with Gasteiger partial charge in [0.1, 0.15) is 11.0 Å². The number of methoxy groups -OCH3 is 3. The van der Waals surface area contributed by atoms with Crippen molar-refractivity contribution in [2.75, 3.05) is 33.2 Å². The molecule has 0 aliphatic carbocycles. The quantitative estimate of drug-likeness (QED) is 0.379. The maximum Gasteiger partial charge on any atom is 0.238 e. The molecule has 39 heavy (non-hydrogen) atoms. The number of thioether (sulfide) groups is 1. The van der Waals surface area contributed by atoms with E-state index in [9.17, 15) is 9.59 Å². The topological polar surface area (TPSA) is 89.5 Å². The van der Waals surface area contributed by atoms with Crippen LogP contribution in [0, 0.1) is 13.8 Å². The van der Waals surface area contributed by atoms with E-state index in [0.717, 1.165) is 22.4 Å². The molecule has 204 valence electrons. The van der Waals surface area contributed by atoms with Crippen LogP contribution < -0.4 is 19.5 Å². The minimum atomic E-state index is -0.604. The average Bonchev–Trinajstić information content (AvgIpc) is 2.94. The van der Waals surface area contributed by atoms with Gasteiger partial charge >= 0.3 is 0 Å². The highest BCUT2D eigenvalue weighted by Gasteiger charge is 2.36. The number of benzene rings is 3. The van der Waals surface area contributed by atoms with Gasteiger partial charge in [0, 0.05) is 18.7 Å². The van der Waals surface area contributed by atoms with Crippen molar-refractivity contribution in [3.8, 4) is 17.2 Å². The minimum absolute atomic E-state index is 0.0783. The largest absolute Gasteiger partial charge is 0.497 e. The van der Waals surface area contributed by atoms with E-state index in [4.69, 9.17) is 19.2 Å². The Bertz CT molecular complexity index is 1370. The Morgan fingerprint density at radius 3 is 2.38 bits per heavy atom. The number of nitrogens with zero attached hydrogens (tertiary/aromatic N) is 2. The molecule has 3 aromatic rings. The number of aryl methyl sites for hydroxylation is 2. The first kappa shape index (κ1) is 28.0. The van der Waals surface area contributed by atoms with Gasteiger partial charge in [-0.3, -0.25) is 14.5 Å². The van der Waals surface area contributed by atoms with Crippen LogP contribution in [0.3, 0.4) is 0 Å². The molecule has 1 aliphatic rings. The van der Waals surface area contributed by atoms with Crippen LogP contribution in [-0.2, 0) is 16.0 Å². The van der Waals surface area contributed by atoms with Gasteiger partial charge in [-0.1, -0.05) is 35.5 Å². The van der Waals surface area contributed by atoms with Crippen molar-refractivity contribution in [2.24, 2.45) is 4.99 Å². The van der Waals surface area contributed by atoms with Gasteiger partial charge in [-0.15, -0.1) is 0 Å². The summed E-state index contributed by atoms with van der Waals surface area (Å²) in [5.74, 6) is 1.61. The highest BCUT2D eigenvalue weighted by molar-refractivity contribution is 8.15. The third kappa shape index (κ3) is 6.92. The maximum absolute atomic E-state index is 13.4. The molecule has 4 rings (SSSR count). The zero-order chi connectivity index (χ0) is 27.9. The first-order valence-corrected chi connectivity index (χ1v) is 13.5. The Morgan fingerprint density at radius 2 is 1.72 bits per heavy atom. The summed E-state index contributed by atoms with van der Waals surface area (Å²) in [6.07, 6.45) is 0.655. The molecule has 1 aliphatic heterocycles. The maximum atomic E-state index is 13.4. The number of hydrogen-bond donors (Lipinski definition) is 1. The molecular weight excluding hydrogens is 514 g/mol. The van der Waals surface area contributed by atoms with Crippen LogP contribution in [0.2, 0.25) is 0 Å². The lowest BCUT2D eigenvalue weighted by atomic mass is 10.1. The number of carbonyl (C=O) groups excluding carboxylic acids is 2. The van der Waals surface area contributed by atoms with E-state index < -0.39 is 5.25 Å². The van der Waals surface area contributed by atoms with E-state index in [1.807, 2.05) is 74.5 Å². The molecule has 0 bridgehead atoms. The Balaban J connectivity index is 1.57. The molecule has 8 nitrogen and oxygen atoms in total. The van der Waals surface area contributed by atoms with Gasteiger partial charge in [0.05, 0.1) is 27.0 Å². The van der Waals surface area contributed by atoms with Crippen molar-refractivity contribution in [1.82, 2.24) is 4.90 Å². The van der Waals surface area contributed by atoms with Crippen LogP contribution >= 0.6 is 11.8 Å². The molecule has 1 fully saturated rings. The molecular formula is C30H33N3O5S. The predicted molar refractivity (Wildman–Crippen MR) is 156 cm³/mol. The molecule has 0 unspecified atom stereocenters. The summed E-state index contributed by atoms with van der Waals surface area (Å²) < 4.78 is 16.0. The van der Waals surface area contributed by atoms with E-state index in [0.29, 0.717) is 41.1 Å². The van der Waals surface area contributed by atoms with Crippen LogP contribution in [0.5, 0.6) is 17.2 Å². The van der Waals surface area contributed by atoms with Crippen molar-refractivity contribution in [2.45, 2.75) is 31.9 Å². The number of amides is 2. The van der Waals surface area contributed by atoms with Crippen LogP contribution in [0.15, 0.2) is 65.7 Å². The van der Waals surface area contributed by atoms with E-state index in [2.05, 4.69) is 5.32 Å². The zero-order valence-corrected chi connectivity index (χ0v) is 23.6. The van der Waals surface area contributed by atoms with E-state index in [-0.39, 0.29) is 18.2 Å². The molecule has 1 N–H and O–H groups in total. The number of rotatable bonds is 9. The number of anilines is 1. The monoisotopic (exact) mass is 547 g/mol. The molecule has 0 aromatic heterocycles. The Hall–Kier alpha value is -3.98. The molecule has 1 heterocycles. The van der Waals surface area contributed by atoms with E-state index in [1.54, 1.807) is 26.2 Å². The molecule has 0 spiro atoms. The summed E-state index contributed by atoms with van der Waals surface area (Å²) in [6, 6.07) is 18.8. The Morgan fingerprint density at radius 1 is 0.974 bits per heavy atom. The average molecular weight is 548 g/mol. The molecule has 3 aromatic carbocycles. The standard InChI is InChI=1S/C30H33N3O5S/c1-19-6-12-24(20(2)16-19)32-29(35)27-18-28(34)33(15-14-21-7-13-25(37-4)26(17-21)38-5)30(39-27)31-22-8-10-23(36-3)11-9-22/h6-13,16-17,27H,14-15,18H2,1-5H3,(H,32,35)/t27-/m0/s1. The lowest BCUT2D eigenvalue weighted by Gasteiger charge is -2.32. The normalized spacial score (nSPS) is 16.2. The van der Waals surface area contributed by atoms with Crippen LogP contribution in [0.4, 0.5) is 11.4 Å². The summed E-state index contributed by atoms with van der Waals surface area (Å²) in [5, 5.41) is 2.88. The van der Waals surface area contributed by atoms with Gasteiger partial charge in [0.15, 0.2) is 16.7 Å². The fourth-order valence-corrected chi connectivity index (χ4v) is 5.40. The molecule has 1 atom stereocenters. The summed E-state index contributed by atoms with van der Waals surface area (Å²) in [7, 11) is 4.79.